The Balaban J connectivity index is 1.70. The summed E-state index contributed by atoms with van der Waals surface area (Å²) < 4.78 is 2.17. The van der Waals surface area contributed by atoms with Gasteiger partial charge >= 0.3 is 0 Å². The third kappa shape index (κ3) is 2.76. The van der Waals surface area contributed by atoms with Gasteiger partial charge < -0.3 is 4.98 Å². The lowest BCUT2D eigenvalue weighted by atomic mass is 9.98. The Labute approximate surface area is 158 Å². The Morgan fingerprint density at radius 1 is 1.07 bits per heavy atom. The van der Waals surface area contributed by atoms with Crippen molar-refractivity contribution < 1.29 is 0 Å². The van der Waals surface area contributed by atoms with Crippen LogP contribution < -0.4 is 0 Å². The molecule has 1 aromatic carbocycles. The van der Waals surface area contributed by atoms with Crippen molar-refractivity contribution in [1.82, 2.24) is 24.6 Å². The minimum Gasteiger partial charge on any atom is -0.361 e. The maximum Gasteiger partial charge on any atom is 0.100 e. The van der Waals surface area contributed by atoms with Crippen molar-refractivity contribution in [2.45, 2.75) is 13.1 Å². The molecule has 0 saturated heterocycles. The normalized spacial score (nSPS) is 14.4. The van der Waals surface area contributed by atoms with Crippen LogP contribution in [-0.2, 0) is 13.1 Å². The van der Waals surface area contributed by atoms with Gasteiger partial charge in [-0.2, -0.15) is 5.10 Å². The van der Waals surface area contributed by atoms with E-state index in [1.165, 1.54) is 16.6 Å². The zero-order valence-corrected chi connectivity index (χ0v) is 15.1. The van der Waals surface area contributed by atoms with E-state index in [2.05, 4.69) is 62.5 Å². The zero-order chi connectivity index (χ0) is 18.2. The monoisotopic (exact) mass is 355 g/mol. The van der Waals surface area contributed by atoms with Crippen molar-refractivity contribution in [3.05, 3.63) is 73.3 Å². The molecule has 1 N–H and O–H groups in total. The Bertz CT molecular complexity index is 1110. The van der Waals surface area contributed by atoms with E-state index in [1.54, 1.807) is 0 Å². The van der Waals surface area contributed by atoms with Gasteiger partial charge in [-0.3, -0.25) is 14.6 Å². The molecule has 5 rings (SSSR count). The van der Waals surface area contributed by atoms with Crippen molar-refractivity contribution in [1.29, 1.82) is 0 Å². The number of pyridine rings is 1. The molecule has 0 spiro atoms. The molecule has 4 heterocycles. The molecule has 0 amide bonds. The van der Waals surface area contributed by atoms with Gasteiger partial charge in [-0.05, 0) is 35.9 Å². The van der Waals surface area contributed by atoms with Gasteiger partial charge in [0, 0.05) is 60.3 Å². The summed E-state index contributed by atoms with van der Waals surface area (Å²) in [6, 6.07) is 12.7. The molecular formula is C22H21N5. The lowest BCUT2D eigenvalue weighted by Gasteiger charge is -2.27. The number of hydrogen-bond acceptors (Lipinski definition) is 3. The van der Waals surface area contributed by atoms with Gasteiger partial charge in [-0.15, -0.1) is 6.58 Å². The van der Waals surface area contributed by atoms with Crippen LogP contribution in [0.15, 0.2) is 67.6 Å². The van der Waals surface area contributed by atoms with E-state index >= 15 is 0 Å². The summed E-state index contributed by atoms with van der Waals surface area (Å²) in [7, 11) is 0. The summed E-state index contributed by atoms with van der Waals surface area (Å²) in [4.78, 5) is 9.87. The molecule has 5 nitrogen and oxygen atoms in total. The molecule has 27 heavy (non-hydrogen) atoms. The van der Waals surface area contributed by atoms with Gasteiger partial charge in [0.05, 0.1) is 12.2 Å². The van der Waals surface area contributed by atoms with E-state index in [9.17, 15) is 0 Å². The second kappa shape index (κ2) is 6.52. The molecule has 1 aliphatic rings. The van der Waals surface area contributed by atoms with Gasteiger partial charge in [0.2, 0.25) is 0 Å². The molecule has 0 fully saturated rings. The van der Waals surface area contributed by atoms with E-state index in [0.29, 0.717) is 0 Å². The number of nitrogens with one attached hydrogen (secondary N) is 1. The highest BCUT2D eigenvalue weighted by Crippen LogP contribution is 2.37. The van der Waals surface area contributed by atoms with Crippen LogP contribution in [0.3, 0.4) is 0 Å². The van der Waals surface area contributed by atoms with Crippen LogP contribution >= 0.6 is 0 Å². The fourth-order valence-electron chi connectivity index (χ4n) is 3.93. The first-order valence-corrected chi connectivity index (χ1v) is 9.24. The standard InChI is InChI=1S/C22H21N5/c1-2-11-26-12-13-27-20(15-26)21(16-5-8-23-9-6-16)22(25-27)18-3-4-19-17(14-18)7-10-24-19/h2-10,14,24H,1,11-13,15H2. The summed E-state index contributed by atoms with van der Waals surface area (Å²) in [6.07, 6.45) is 7.65. The highest BCUT2D eigenvalue weighted by atomic mass is 15.3. The van der Waals surface area contributed by atoms with E-state index < -0.39 is 0 Å². The summed E-state index contributed by atoms with van der Waals surface area (Å²) in [5.74, 6) is 0. The van der Waals surface area contributed by atoms with Crippen LogP contribution in [0.4, 0.5) is 0 Å². The number of aromatic amines is 1. The topological polar surface area (TPSA) is 49.7 Å². The molecule has 0 radical (unpaired) electrons. The number of rotatable bonds is 4. The van der Waals surface area contributed by atoms with Crippen molar-refractivity contribution >= 4 is 10.9 Å². The Hall–Kier alpha value is -3.18. The van der Waals surface area contributed by atoms with Crippen molar-refractivity contribution in [3.8, 4) is 22.4 Å². The smallest absolute Gasteiger partial charge is 0.100 e. The zero-order valence-electron chi connectivity index (χ0n) is 15.1. The minimum absolute atomic E-state index is 0.878. The molecule has 4 aromatic rings. The first kappa shape index (κ1) is 16.0. The van der Waals surface area contributed by atoms with Crippen molar-refractivity contribution in [2.24, 2.45) is 0 Å². The number of aromatic nitrogens is 4. The fraction of sp³-hybridized carbons (Fsp3) is 0.182. The first-order valence-electron chi connectivity index (χ1n) is 9.24. The number of H-pyrrole nitrogens is 1. The molecule has 0 atom stereocenters. The molecule has 0 aliphatic carbocycles. The second-order valence-electron chi connectivity index (χ2n) is 6.93. The SMILES string of the molecule is C=CCN1CCn2nc(-c3ccc4[nH]ccc4c3)c(-c3ccncc3)c2C1. The minimum atomic E-state index is 0.878. The van der Waals surface area contributed by atoms with E-state index in [-0.39, 0.29) is 0 Å². The summed E-state index contributed by atoms with van der Waals surface area (Å²) >= 11 is 0. The lowest BCUT2D eigenvalue weighted by molar-refractivity contribution is 0.235. The van der Waals surface area contributed by atoms with Crippen LogP contribution in [0.5, 0.6) is 0 Å². The predicted molar refractivity (Wildman–Crippen MR) is 108 cm³/mol. The number of nitrogens with zero attached hydrogens (tertiary/aromatic N) is 4. The Morgan fingerprint density at radius 2 is 1.96 bits per heavy atom. The van der Waals surface area contributed by atoms with Crippen LogP contribution in [-0.4, -0.2) is 37.7 Å². The number of fused-ring (bicyclic) bond motifs is 2. The summed E-state index contributed by atoms with van der Waals surface area (Å²) in [5, 5.41) is 6.22. The van der Waals surface area contributed by atoms with Crippen LogP contribution in [0.2, 0.25) is 0 Å². The van der Waals surface area contributed by atoms with E-state index in [1.807, 2.05) is 24.7 Å². The molecule has 0 saturated carbocycles. The highest BCUT2D eigenvalue weighted by molar-refractivity contribution is 5.89. The molecule has 0 unspecified atom stereocenters. The highest BCUT2D eigenvalue weighted by Gasteiger charge is 2.25. The maximum absolute atomic E-state index is 5.02. The van der Waals surface area contributed by atoms with E-state index in [4.69, 9.17) is 5.10 Å². The van der Waals surface area contributed by atoms with Crippen molar-refractivity contribution in [3.63, 3.8) is 0 Å². The molecule has 134 valence electrons. The average Bonchev–Trinajstić information content (AvgIpc) is 3.32. The van der Waals surface area contributed by atoms with Gasteiger partial charge in [0.1, 0.15) is 5.69 Å². The van der Waals surface area contributed by atoms with Gasteiger partial charge in [0.25, 0.3) is 0 Å². The van der Waals surface area contributed by atoms with Crippen LogP contribution in [0.25, 0.3) is 33.3 Å². The number of hydrogen-bond donors (Lipinski definition) is 1. The summed E-state index contributed by atoms with van der Waals surface area (Å²) in [6.45, 7) is 7.55. The number of benzene rings is 1. The van der Waals surface area contributed by atoms with Gasteiger partial charge in [-0.25, -0.2) is 0 Å². The predicted octanol–water partition coefficient (Wildman–Crippen LogP) is 4.10. The lowest BCUT2D eigenvalue weighted by Crippen LogP contribution is -2.34. The fourth-order valence-corrected chi connectivity index (χ4v) is 3.93. The molecule has 3 aromatic heterocycles. The summed E-state index contributed by atoms with van der Waals surface area (Å²) in [5.41, 5.74) is 6.96. The quantitative estimate of drug-likeness (QED) is 0.561. The largest absolute Gasteiger partial charge is 0.361 e. The van der Waals surface area contributed by atoms with Gasteiger partial charge in [-0.1, -0.05) is 12.1 Å². The Kier molecular flexibility index (Phi) is 3.87. The van der Waals surface area contributed by atoms with E-state index in [0.717, 1.165) is 48.5 Å². The van der Waals surface area contributed by atoms with Crippen LogP contribution in [0.1, 0.15) is 5.69 Å². The van der Waals surface area contributed by atoms with Crippen molar-refractivity contribution in [2.75, 3.05) is 13.1 Å². The molecule has 1 aliphatic heterocycles. The first-order chi connectivity index (χ1) is 13.3. The average molecular weight is 355 g/mol. The van der Waals surface area contributed by atoms with Crippen LogP contribution in [0, 0.1) is 0 Å². The third-order valence-electron chi connectivity index (χ3n) is 5.24. The second-order valence-corrected chi connectivity index (χ2v) is 6.93. The molecular weight excluding hydrogens is 334 g/mol. The maximum atomic E-state index is 5.02. The molecule has 5 heteroatoms. The molecule has 0 bridgehead atoms. The Morgan fingerprint density at radius 3 is 2.81 bits per heavy atom. The van der Waals surface area contributed by atoms with Gasteiger partial charge in [0.15, 0.2) is 0 Å². The third-order valence-corrected chi connectivity index (χ3v) is 5.24.